The summed E-state index contributed by atoms with van der Waals surface area (Å²) in [5.41, 5.74) is 6.11. The molecule has 0 atom stereocenters. The third-order valence-corrected chi connectivity index (χ3v) is 3.01. The molecule has 2 aromatic carbocycles. The SMILES string of the molecule is Nc1cccc(Cl)c1NC(=O)c1ccc(Cl)cc1F. The molecule has 0 radical (unpaired) electrons. The van der Waals surface area contributed by atoms with Crippen LogP contribution >= 0.6 is 23.2 Å². The maximum Gasteiger partial charge on any atom is 0.258 e. The van der Waals surface area contributed by atoms with Gasteiger partial charge in [-0.05, 0) is 30.3 Å². The molecule has 0 aliphatic carbocycles. The maximum absolute atomic E-state index is 13.6. The number of anilines is 2. The highest BCUT2D eigenvalue weighted by atomic mass is 35.5. The largest absolute Gasteiger partial charge is 0.397 e. The minimum Gasteiger partial charge on any atom is -0.397 e. The summed E-state index contributed by atoms with van der Waals surface area (Å²) in [6.07, 6.45) is 0. The van der Waals surface area contributed by atoms with E-state index in [0.29, 0.717) is 5.69 Å². The van der Waals surface area contributed by atoms with Crippen LogP contribution in [0.5, 0.6) is 0 Å². The molecule has 0 spiro atoms. The third kappa shape index (κ3) is 2.97. The Morgan fingerprint density at radius 1 is 1.21 bits per heavy atom. The highest BCUT2D eigenvalue weighted by molar-refractivity contribution is 6.34. The number of benzene rings is 2. The van der Waals surface area contributed by atoms with Crippen LogP contribution in [0.25, 0.3) is 0 Å². The fourth-order valence-electron chi connectivity index (χ4n) is 1.53. The molecule has 19 heavy (non-hydrogen) atoms. The average molecular weight is 299 g/mol. The molecule has 0 unspecified atom stereocenters. The van der Waals surface area contributed by atoms with Crippen LogP contribution in [-0.2, 0) is 0 Å². The number of nitrogens with two attached hydrogens (primary N) is 1. The topological polar surface area (TPSA) is 55.1 Å². The van der Waals surface area contributed by atoms with E-state index in [4.69, 9.17) is 28.9 Å². The molecule has 0 heterocycles. The molecule has 3 N–H and O–H groups in total. The van der Waals surface area contributed by atoms with E-state index in [1.807, 2.05) is 0 Å². The Hall–Kier alpha value is -1.78. The number of para-hydroxylation sites is 1. The fourth-order valence-corrected chi connectivity index (χ4v) is 1.92. The zero-order chi connectivity index (χ0) is 14.0. The Balaban J connectivity index is 2.31. The normalized spacial score (nSPS) is 10.3. The van der Waals surface area contributed by atoms with Crippen LogP contribution in [0.15, 0.2) is 36.4 Å². The number of carbonyl (C=O) groups is 1. The number of nitrogen functional groups attached to an aromatic ring is 1. The van der Waals surface area contributed by atoms with Crippen LogP contribution in [0, 0.1) is 5.82 Å². The highest BCUT2D eigenvalue weighted by Crippen LogP contribution is 2.28. The lowest BCUT2D eigenvalue weighted by atomic mass is 10.2. The summed E-state index contributed by atoms with van der Waals surface area (Å²) < 4.78 is 13.6. The predicted molar refractivity (Wildman–Crippen MR) is 75.2 cm³/mol. The quantitative estimate of drug-likeness (QED) is 0.824. The summed E-state index contributed by atoms with van der Waals surface area (Å²) in [5.74, 6) is -1.36. The van der Waals surface area contributed by atoms with Crippen LogP contribution in [0.1, 0.15) is 10.4 Å². The van der Waals surface area contributed by atoms with Gasteiger partial charge in [0.05, 0.1) is 22.0 Å². The fraction of sp³-hybridized carbons (Fsp3) is 0. The second kappa shape index (κ2) is 5.47. The first kappa shape index (κ1) is 13.6. The van der Waals surface area contributed by atoms with Gasteiger partial charge in [0, 0.05) is 5.02 Å². The van der Waals surface area contributed by atoms with Crippen molar-refractivity contribution >= 4 is 40.5 Å². The van der Waals surface area contributed by atoms with Crippen LogP contribution in [0.4, 0.5) is 15.8 Å². The van der Waals surface area contributed by atoms with Gasteiger partial charge in [-0.3, -0.25) is 4.79 Å². The van der Waals surface area contributed by atoms with Gasteiger partial charge in [0.15, 0.2) is 0 Å². The molecular formula is C13H9Cl2FN2O. The number of carbonyl (C=O) groups excluding carboxylic acids is 1. The van der Waals surface area contributed by atoms with Crippen molar-refractivity contribution in [3.8, 4) is 0 Å². The number of rotatable bonds is 2. The molecule has 0 aliphatic rings. The lowest BCUT2D eigenvalue weighted by Crippen LogP contribution is -2.15. The monoisotopic (exact) mass is 298 g/mol. The van der Waals surface area contributed by atoms with Crippen LogP contribution in [-0.4, -0.2) is 5.91 Å². The van der Waals surface area contributed by atoms with E-state index in [-0.39, 0.29) is 21.3 Å². The van der Waals surface area contributed by atoms with Gasteiger partial charge in [-0.2, -0.15) is 0 Å². The third-order valence-electron chi connectivity index (χ3n) is 2.46. The van der Waals surface area contributed by atoms with Gasteiger partial charge < -0.3 is 11.1 Å². The number of hydrogen-bond acceptors (Lipinski definition) is 2. The molecular weight excluding hydrogens is 290 g/mol. The van der Waals surface area contributed by atoms with E-state index in [1.54, 1.807) is 18.2 Å². The Kier molecular flexibility index (Phi) is 3.93. The van der Waals surface area contributed by atoms with Crippen LogP contribution in [0.2, 0.25) is 10.0 Å². The van der Waals surface area contributed by atoms with Gasteiger partial charge in [-0.15, -0.1) is 0 Å². The minimum atomic E-state index is -0.712. The first-order valence-electron chi connectivity index (χ1n) is 5.29. The van der Waals surface area contributed by atoms with E-state index < -0.39 is 11.7 Å². The van der Waals surface area contributed by atoms with Gasteiger partial charge in [0.1, 0.15) is 5.82 Å². The van der Waals surface area contributed by atoms with E-state index in [2.05, 4.69) is 5.32 Å². The lowest BCUT2D eigenvalue weighted by Gasteiger charge is -2.10. The Labute approximate surface area is 119 Å². The molecule has 98 valence electrons. The molecule has 0 bridgehead atoms. The Morgan fingerprint density at radius 3 is 2.58 bits per heavy atom. The highest BCUT2D eigenvalue weighted by Gasteiger charge is 2.14. The van der Waals surface area contributed by atoms with Gasteiger partial charge in [0.25, 0.3) is 5.91 Å². The van der Waals surface area contributed by atoms with Crippen molar-refractivity contribution in [1.29, 1.82) is 0 Å². The number of amides is 1. The van der Waals surface area contributed by atoms with Crippen molar-refractivity contribution in [2.75, 3.05) is 11.1 Å². The van der Waals surface area contributed by atoms with Gasteiger partial charge >= 0.3 is 0 Å². The molecule has 0 saturated heterocycles. The predicted octanol–water partition coefficient (Wildman–Crippen LogP) is 3.97. The second-order valence-corrected chi connectivity index (χ2v) is 4.63. The number of hydrogen-bond donors (Lipinski definition) is 2. The summed E-state index contributed by atoms with van der Waals surface area (Å²) in [6, 6.07) is 8.59. The smallest absolute Gasteiger partial charge is 0.258 e. The first-order chi connectivity index (χ1) is 8.99. The maximum atomic E-state index is 13.6. The Morgan fingerprint density at radius 2 is 1.95 bits per heavy atom. The van der Waals surface area contributed by atoms with Crippen LogP contribution in [0.3, 0.4) is 0 Å². The zero-order valence-corrected chi connectivity index (χ0v) is 11.1. The van der Waals surface area contributed by atoms with Crippen molar-refractivity contribution < 1.29 is 9.18 Å². The van der Waals surface area contributed by atoms with E-state index >= 15 is 0 Å². The zero-order valence-electron chi connectivity index (χ0n) is 9.58. The van der Waals surface area contributed by atoms with Gasteiger partial charge in [-0.1, -0.05) is 29.3 Å². The molecule has 3 nitrogen and oxygen atoms in total. The number of halogens is 3. The van der Waals surface area contributed by atoms with Crippen LogP contribution < -0.4 is 11.1 Å². The molecule has 2 aromatic rings. The summed E-state index contributed by atoms with van der Waals surface area (Å²) in [7, 11) is 0. The molecule has 0 fully saturated rings. The molecule has 0 aromatic heterocycles. The summed E-state index contributed by atoms with van der Waals surface area (Å²) in [5, 5.41) is 2.97. The van der Waals surface area contributed by atoms with Gasteiger partial charge in [-0.25, -0.2) is 4.39 Å². The second-order valence-electron chi connectivity index (χ2n) is 3.78. The standard InChI is InChI=1S/C13H9Cl2FN2O/c14-7-4-5-8(10(16)6-7)13(19)18-12-9(15)2-1-3-11(12)17/h1-6H,17H2,(H,18,19). The van der Waals surface area contributed by atoms with E-state index in [9.17, 15) is 9.18 Å². The molecule has 6 heteroatoms. The van der Waals surface area contributed by atoms with Crippen molar-refractivity contribution in [2.24, 2.45) is 0 Å². The lowest BCUT2D eigenvalue weighted by molar-refractivity contribution is 0.102. The summed E-state index contributed by atoms with van der Waals surface area (Å²) >= 11 is 11.5. The Bertz CT molecular complexity index is 626. The van der Waals surface area contributed by atoms with Crippen molar-refractivity contribution in [3.05, 3.63) is 57.8 Å². The van der Waals surface area contributed by atoms with Crippen molar-refractivity contribution in [1.82, 2.24) is 0 Å². The van der Waals surface area contributed by atoms with Crippen molar-refractivity contribution in [3.63, 3.8) is 0 Å². The molecule has 2 rings (SSSR count). The van der Waals surface area contributed by atoms with Crippen molar-refractivity contribution in [2.45, 2.75) is 0 Å². The number of nitrogens with one attached hydrogen (secondary N) is 1. The van der Waals surface area contributed by atoms with Gasteiger partial charge in [0.2, 0.25) is 0 Å². The molecule has 1 amide bonds. The summed E-state index contributed by atoms with van der Waals surface area (Å²) in [6.45, 7) is 0. The average Bonchev–Trinajstić information content (AvgIpc) is 2.33. The first-order valence-corrected chi connectivity index (χ1v) is 6.05. The molecule has 0 saturated carbocycles. The summed E-state index contributed by atoms with van der Waals surface area (Å²) in [4.78, 5) is 11.9. The minimum absolute atomic E-state index is 0.135. The molecule has 0 aliphatic heterocycles. The van der Waals surface area contributed by atoms with E-state index in [0.717, 1.165) is 6.07 Å². The van der Waals surface area contributed by atoms with E-state index in [1.165, 1.54) is 12.1 Å².